The molecule has 1 amide bonds. The highest BCUT2D eigenvalue weighted by atomic mass is 19.4. The molecular weight excluding hydrogens is 445 g/mol. The first kappa shape index (κ1) is 23.8. The summed E-state index contributed by atoms with van der Waals surface area (Å²) in [5.41, 5.74) is 0.640. The number of hydrogen-bond donors (Lipinski definition) is 1. The molecule has 10 heteroatoms. The predicted molar refractivity (Wildman–Crippen MR) is 125 cm³/mol. The molecule has 1 aromatic heterocycles. The Kier molecular flexibility index (Phi) is 6.67. The molecule has 0 spiro atoms. The van der Waals surface area contributed by atoms with E-state index in [1.54, 1.807) is 17.0 Å². The summed E-state index contributed by atoms with van der Waals surface area (Å²) in [7, 11) is 0. The molecule has 0 aliphatic carbocycles. The molecule has 2 aromatic rings. The van der Waals surface area contributed by atoms with Crippen LogP contribution in [0.2, 0.25) is 0 Å². The van der Waals surface area contributed by atoms with Gasteiger partial charge in [-0.25, -0.2) is 20.0 Å². The van der Waals surface area contributed by atoms with Crippen molar-refractivity contribution in [3.8, 4) is 11.4 Å². The number of halogens is 3. The molecule has 7 nitrogen and oxygen atoms in total. The summed E-state index contributed by atoms with van der Waals surface area (Å²) < 4.78 is 41.1. The van der Waals surface area contributed by atoms with Gasteiger partial charge in [0.1, 0.15) is 5.82 Å². The maximum absolute atomic E-state index is 13.7. The van der Waals surface area contributed by atoms with Crippen molar-refractivity contribution in [2.75, 3.05) is 18.4 Å². The minimum absolute atomic E-state index is 0.00454. The Hall–Kier alpha value is -3.30. The monoisotopic (exact) mass is 472 g/mol. The first-order chi connectivity index (χ1) is 16.2. The molecule has 0 radical (unpaired) electrons. The van der Waals surface area contributed by atoms with Crippen molar-refractivity contribution < 1.29 is 18.0 Å². The molecule has 34 heavy (non-hydrogen) atoms. The Morgan fingerprint density at radius 1 is 1.18 bits per heavy atom. The fourth-order valence-corrected chi connectivity index (χ4v) is 4.35. The Bertz CT molecular complexity index is 1140. The normalized spacial score (nSPS) is 19.1. The number of guanidine groups is 1. The molecule has 1 aromatic carbocycles. The number of aliphatic imine (C=N–C) groups is 2. The Morgan fingerprint density at radius 2 is 1.88 bits per heavy atom. The van der Waals surface area contributed by atoms with Crippen molar-refractivity contribution >= 4 is 23.4 Å². The number of likely N-dealkylation sites (tertiary alicyclic amines) is 1. The van der Waals surface area contributed by atoms with Crippen LogP contribution in [0.4, 0.5) is 19.0 Å². The predicted octanol–water partition coefficient (Wildman–Crippen LogP) is 4.91. The lowest BCUT2D eigenvalue weighted by Gasteiger charge is -2.31. The van der Waals surface area contributed by atoms with E-state index in [1.807, 2.05) is 13.8 Å². The molecule has 1 fully saturated rings. The number of rotatable bonds is 4. The van der Waals surface area contributed by atoms with Gasteiger partial charge in [0, 0.05) is 49.0 Å². The van der Waals surface area contributed by atoms with Crippen molar-refractivity contribution in [3.05, 3.63) is 41.6 Å². The number of nitrogens with zero attached hydrogens (tertiary/aromatic N) is 5. The van der Waals surface area contributed by atoms with Crippen molar-refractivity contribution in [2.24, 2.45) is 9.98 Å². The van der Waals surface area contributed by atoms with Gasteiger partial charge in [0.25, 0.3) is 0 Å². The minimum atomic E-state index is -4.54. The molecule has 1 atom stereocenters. The van der Waals surface area contributed by atoms with E-state index in [0.29, 0.717) is 43.4 Å². The van der Waals surface area contributed by atoms with E-state index < -0.39 is 11.7 Å². The lowest BCUT2D eigenvalue weighted by Crippen LogP contribution is -2.36. The number of benzene rings is 1. The van der Waals surface area contributed by atoms with Gasteiger partial charge in [-0.1, -0.05) is 25.1 Å². The van der Waals surface area contributed by atoms with Gasteiger partial charge in [-0.2, -0.15) is 13.2 Å². The van der Waals surface area contributed by atoms with Crippen LogP contribution in [-0.2, 0) is 11.0 Å². The molecule has 180 valence electrons. The molecule has 1 saturated heterocycles. The van der Waals surface area contributed by atoms with Gasteiger partial charge < -0.3 is 10.2 Å². The number of aromatic nitrogens is 2. The zero-order valence-corrected chi connectivity index (χ0v) is 19.4. The molecular formula is C24H27F3N6O. The van der Waals surface area contributed by atoms with Crippen LogP contribution in [0.5, 0.6) is 0 Å². The van der Waals surface area contributed by atoms with Crippen LogP contribution in [0.1, 0.15) is 57.2 Å². The number of hydrogen-bond acceptors (Lipinski definition) is 6. The van der Waals surface area contributed by atoms with Crippen molar-refractivity contribution in [1.29, 1.82) is 0 Å². The number of carbonyl (C=O) groups is 1. The largest absolute Gasteiger partial charge is 0.417 e. The van der Waals surface area contributed by atoms with Crippen molar-refractivity contribution in [1.82, 2.24) is 14.9 Å². The molecule has 2 aliphatic heterocycles. The number of anilines is 1. The summed E-state index contributed by atoms with van der Waals surface area (Å²) in [6, 6.07) is 7.03. The topological polar surface area (TPSA) is 82.8 Å². The molecule has 4 rings (SSSR count). The fraction of sp³-hybridized carbons (Fsp3) is 0.458. The van der Waals surface area contributed by atoms with Gasteiger partial charge in [-0.15, -0.1) is 0 Å². The molecule has 1 N–H and O–H groups in total. The zero-order chi connectivity index (χ0) is 24.5. The molecule has 0 bridgehead atoms. The van der Waals surface area contributed by atoms with Crippen LogP contribution in [0.25, 0.3) is 11.4 Å². The van der Waals surface area contributed by atoms with Crippen LogP contribution in [0.3, 0.4) is 0 Å². The Morgan fingerprint density at radius 3 is 2.50 bits per heavy atom. The zero-order valence-electron chi connectivity index (χ0n) is 19.4. The third-order valence-corrected chi connectivity index (χ3v) is 6.25. The molecule has 2 aliphatic rings. The van der Waals surface area contributed by atoms with E-state index in [4.69, 9.17) is 0 Å². The molecule has 0 saturated carbocycles. The van der Waals surface area contributed by atoms with Gasteiger partial charge in [-0.3, -0.25) is 4.79 Å². The third kappa shape index (κ3) is 5.10. The van der Waals surface area contributed by atoms with Gasteiger partial charge in [0.2, 0.25) is 11.9 Å². The second-order valence-corrected chi connectivity index (χ2v) is 8.58. The van der Waals surface area contributed by atoms with E-state index in [2.05, 4.69) is 25.3 Å². The van der Waals surface area contributed by atoms with E-state index in [9.17, 15) is 18.0 Å². The van der Waals surface area contributed by atoms with Crippen LogP contribution in [-0.4, -0.2) is 51.6 Å². The third-order valence-electron chi connectivity index (χ3n) is 6.25. The number of amides is 1. The van der Waals surface area contributed by atoms with E-state index >= 15 is 0 Å². The Labute approximate surface area is 196 Å². The lowest BCUT2D eigenvalue weighted by molar-refractivity contribution is -0.137. The highest BCUT2D eigenvalue weighted by Crippen LogP contribution is 2.37. The summed E-state index contributed by atoms with van der Waals surface area (Å²) in [5.74, 6) is 0.734. The molecule has 3 heterocycles. The number of nitrogens with one attached hydrogen (secondary N) is 1. The van der Waals surface area contributed by atoms with Crippen LogP contribution >= 0.6 is 0 Å². The van der Waals surface area contributed by atoms with Gasteiger partial charge >= 0.3 is 6.18 Å². The summed E-state index contributed by atoms with van der Waals surface area (Å²) in [6.07, 6.45) is -2.39. The first-order valence-corrected chi connectivity index (χ1v) is 11.4. The number of piperidine rings is 1. The number of carbonyl (C=O) groups excluding carboxylic acids is 1. The standard InChI is InChI=1S/C24H27F3N6O/c1-4-19-14(2)28-23(30-19)32-21-13-20(16-9-11-33(12-10-16)15(3)34)29-22(31-21)17-7-5-6-8-18(17)24(25,26)27/h5-8,13,16,19H,4,9-12H2,1-3H3,(H,29,30,31,32)/t19-/m1/s1. The van der Waals surface area contributed by atoms with Crippen LogP contribution in [0, 0.1) is 0 Å². The molecule has 0 unspecified atom stereocenters. The van der Waals surface area contributed by atoms with Crippen molar-refractivity contribution in [3.63, 3.8) is 0 Å². The second kappa shape index (κ2) is 9.52. The smallest absolute Gasteiger partial charge is 0.343 e. The summed E-state index contributed by atoms with van der Waals surface area (Å²) >= 11 is 0. The second-order valence-electron chi connectivity index (χ2n) is 8.58. The van der Waals surface area contributed by atoms with Gasteiger partial charge in [0.05, 0.1) is 11.6 Å². The first-order valence-electron chi connectivity index (χ1n) is 11.4. The fourth-order valence-electron chi connectivity index (χ4n) is 4.35. The average molecular weight is 473 g/mol. The van der Waals surface area contributed by atoms with E-state index in [0.717, 1.165) is 18.2 Å². The summed E-state index contributed by atoms with van der Waals surface area (Å²) in [4.78, 5) is 31.4. The SMILES string of the molecule is CC[C@H]1N=C(Nc2cc(C3CCN(C(C)=O)CC3)nc(-c3ccccc3C(F)(F)F)n2)N=C1C. The summed E-state index contributed by atoms with van der Waals surface area (Å²) in [5, 5.41) is 3.08. The Balaban J connectivity index is 1.73. The highest BCUT2D eigenvalue weighted by Gasteiger charge is 2.34. The quantitative estimate of drug-likeness (QED) is 0.686. The lowest BCUT2D eigenvalue weighted by atomic mass is 9.93. The maximum Gasteiger partial charge on any atom is 0.417 e. The minimum Gasteiger partial charge on any atom is -0.343 e. The summed E-state index contributed by atoms with van der Waals surface area (Å²) in [6.45, 7) is 6.60. The van der Waals surface area contributed by atoms with Crippen LogP contribution < -0.4 is 5.32 Å². The van der Waals surface area contributed by atoms with Crippen molar-refractivity contribution in [2.45, 2.75) is 58.2 Å². The van der Waals surface area contributed by atoms with E-state index in [-0.39, 0.29) is 29.3 Å². The average Bonchev–Trinajstić information content (AvgIpc) is 3.17. The maximum atomic E-state index is 13.7. The van der Waals surface area contributed by atoms with Gasteiger partial charge in [0.15, 0.2) is 5.82 Å². The number of alkyl halides is 3. The van der Waals surface area contributed by atoms with Gasteiger partial charge in [-0.05, 0) is 32.3 Å². The van der Waals surface area contributed by atoms with E-state index in [1.165, 1.54) is 19.1 Å². The van der Waals surface area contributed by atoms with Crippen LogP contribution in [0.15, 0.2) is 40.3 Å². The highest BCUT2D eigenvalue weighted by molar-refractivity contribution is 6.08.